The lowest BCUT2D eigenvalue weighted by molar-refractivity contribution is 1.26. The fraction of sp³-hybridized carbons (Fsp3) is 0.118. The van der Waals surface area contributed by atoms with Gasteiger partial charge in [-0.3, -0.25) is 4.98 Å². The van der Waals surface area contributed by atoms with Gasteiger partial charge in [-0.2, -0.15) is 0 Å². The van der Waals surface area contributed by atoms with Crippen LogP contribution in [-0.4, -0.2) is 4.98 Å². The van der Waals surface area contributed by atoms with E-state index in [1.54, 1.807) is 0 Å². The van der Waals surface area contributed by atoms with E-state index in [4.69, 9.17) is 0 Å². The van der Waals surface area contributed by atoms with Crippen molar-refractivity contribution in [3.8, 4) is 11.1 Å². The van der Waals surface area contributed by atoms with Crippen LogP contribution in [0.2, 0.25) is 0 Å². The summed E-state index contributed by atoms with van der Waals surface area (Å²) in [5, 5.41) is 0. The zero-order valence-corrected chi connectivity index (χ0v) is 10.9. The monoisotopic (exact) mass is 235 g/mol. The van der Waals surface area contributed by atoms with Crippen molar-refractivity contribution in [2.45, 2.75) is 13.8 Å². The van der Waals surface area contributed by atoms with Crippen LogP contribution in [0.15, 0.2) is 49.7 Å². The molecule has 0 N–H and O–H groups in total. The van der Waals surface area contributed by atoms with Gasteiger partial charge in [-0.05, 0) is 31.1 Å². The minimum absolute atomic E-state index is 0.918. The Hall–Kier alpha value is -2.15. The van der Waals surface area contributed by atoms with E-state index in [0.29, 0.717) is 0 Å². The fourth-order valence-corrected chi connectivity index (χ4v) is 1.98. The Morgan fingerprint density at radius 3 is 2.61 bits per heavy atom. The SMILES string of the molecule is C=Cc1cc(-c2cccc(C)c2)cnc1C(=C)C. The first kappa shape index (κ1) is 12.3. The van der Waals surface area contributed by atoms with Gasteiger partial charge in [-0.1, -0.05) is 49.1 Å². The number of benzene rings is 1. The molecule has 1 aromatic heterocycles. The van der Waals surface area contributed by atoms with Gasteiger partial charge in [-0.15, -0.1) is 0 Å². The molecule has 1 heteroatoms. The number of allylic oxidation sites excluding steroid dienone is 1. The molecule has 0 spiro atoms. The summed E-state index contributed by atoms with van der Waals surface area (Å²) in [6.45, 7) is 11.8. The van der Waals surface area contributed by atoms with Gasteiger partial charge < -0.3 is 0 Å². The second kappa shape index (κ2) is 5.01. The fourth-order valence-electron chi connectivity index (χ4n) is 1.98. The molecule has 0 aliphatic carbocycles. The van der Waals surface area contributed by atoms with Crippen LogP contribution < -0.4 is 0 Å². The summed E-state index contributed by atoms with van der Waals surface area (Å²) < 4.78 is 0. The van der Waals surface area contributed by atoms with Crippen LogP contribution in [0.1, 0.15) is 23.7 Å². The van der Waals surface area contributed by atoms with Gasteiger partial charge >= 0.3 is 0 Å². The van der Waals surface area contributed by atoms with Gasteiger partial charge in [0.05, 0.1) is 5.69 Å². The smallest absolute Gasteiger partial charge is 0.0725 e. The number of hydrogen-bond acceptors (Lipinski definition) is 1. The summed E-state index contributed by atoms with van der Waals surface area (Å²) in [6.07, 6.45) is 3.72. The van der Waals surface area contributed by atoms with Gasteiger partial charge in [0.2, 0.25) is 0 Å². The number of pyridine rings is 1. The van der Waals surface area contributed by atoms with Crippen molar-refractivity contribution < 1.29 is 0 Å². The Kier molecular flexibility index (Phi) is 3.42. The first-order valence-electron chi connectivity index (χ1n) is 5.97. The normalized spacial score (nSPS) is 10.1. The lowest BCUT2D eigenvalue weighted by atomic mass is 10.0. The molecular formula is C17H17N. The average molecular weight is 235 g/mol. The van der Waals surface area contributed by atoms with Gasteiger partial charge in [-0.25, -0.2) is 0 Å². The molecule has 1 nitrogen and oxygen atoms in total. The van der Waals surface area contributed by atoms with E-state index in [1.807, 2.05) is 19.2 Å². The standard InChI is InChI=1S/C17H17N/c1-5-14-10-16(11-18-17(14)12(2)3)15-8-6-7-13(4)9-15/h5-11H,1-2H2,3-4H3. The molecular weight excluding hydrogens is 218 g/mol. The molecule has 0 bridgehead atoms. The molecule has 2 aromatic rings. The molecule has 1 heterocycles. The molecule has 90 valence electrons. The molecule has 1 aromatic carbocycles. The molecule has 0 unspecified atom stereocenters. The maximum absolute atomic E-state index is 4.48. The zero-order chi connectivity index (χ0) is 13.1. The third-order valence-electron chi connectivity index (χ3n) is 2.89. The van der Waals surface area contributed by atoms with Crippen LogP contribution in [0.4, 0.5) is 0 Å². The van der Waals surface area contributed by atoms with Crippen molar-refractivity contribution in [2.24, 2.45) is 0 Å². The van der Waals surface area contributed by atoms with E-state index in [1.165, 1.54) is 11.1 Å². The maximum atomic E-state index is 4.48. The summed E-state index contributed by atoms with van der Waals surface area (Å²) in [4.78, 5) is 4.48. The highest BCUT2D eigenvalue weighted by atomic mass is 14.7. The number of aryl methyl sites for hydroxylation is 1. The van der Waals surface area contributed by atoms with Crippen molar-refractivity contribution in [1.82, 2.24) is 4.98 Å². The van der Waals surface area contributed by atoms with E-state index < -0.39 is 0 Å². The maximum Gasteiger partial charge on any atom is 0.0725 e. The summed E-state index contributed by atoms with van der Waals surface area (Å²) in [7, 11) is 0. The molecule has 0 atom stereocenters. The predicted molar refractivity (Wildman–Crippen MR) is 79.2 cm³/mol. The van der Waals surface area contributed by atoms with E-state index in [2.05, 4.69) is 55.4 Å². The quantitative estimate of drug-likeness (QED) is 0.749. The minimum atomic E-state index is 0.918. The molecule has 0 amide bonds. The highest BCUT2D eigenvalue weighted by Crippen LogP contribution is 2.24. The van der Waals surface area contributed by atoms with Gasteiger partial charge in [0.1, 0.15) is 0 Å². The number of aromatic nitrogens is 1. The Morgan fingerprint density at radius 2 is 2.00 bits per heavy atom. The molecule has 0 radical (unpaired) electrons. The summed E-state index contributed by atoms with van der Waals surface area (Å²) >= 11 is 0. The van der Waals surface area contributed by atoms with Crippen LogP contribution in [0.5, 0.6) is 0 Å². The molecule has 0 saturated heterocycles. The van der Waals surface area contributed by atoms with Gasteiger partial charge in [0.15, 0.2) is 0 Å². The van der Waals surface area contributed by atoms with Gasteiger partial charge in [0, 0.05) is 17.3 Å². The second-order valence-corrected chi connectivity index (χ2v) is 4.52. The van der Waals surface area contributed by atoms with Crippen molar-refractivity contribution in [1.29, 1.82) is 0 Å². The number of nitrogens with zero attached hydrogens (tertiary/aromatic N) is 1. The van der Waals surface area contributed by atoms with Crippen LogP contribution >= 0.6 is 0 Å². The number of hydrogen-bond donors (Lipinski definition) is 0. The highest BCUT2D eigenvalue weighted by Gasteiger charge is 2.05. The molecule has 0 aliphatic rings. The predicted octanol–water partition coefficient (Wildman–Crippen LogP) is 4.73. The topological polar surface area (TPSA) is 12.9 Å². The Balaban J connectivity index is 2.54. The van der Waals surface area contributed by atoms with Crippen molar-refractivity contribution in [3.63, 3.8) is 0 Å². The largest absolute Gasteiger partial charge is 0.255 e. The Bertz CT molecular complexity index is 609. The van der Waals surface area contributed by atoms with E-state index in [9.17, 15) is 0 Å². The van der Waals surface area contributed by atoms with Crippen LogP contribution in [0.25, 0.3) is 22.8 Å². The lowest BCUT2D eigenvalue weighted by Gasteiger charge is -2.08. The molecule has 0 fully saturated rings. The third kappa shape index (κ3) is 2.40. The molecule has 0 aliphatic heterocycles. The highest BCUT2D eigenvalue weighted by molar-refractivity contribution is 5.74. The summed E-state index contributed by atoms with van der Waals surface area (Å²) in [5.74, 6) is 0. The second-order valence-electron chi connectivity index (χ2n) is 4.52. The molecule has 0 saturated carbocycles. The van der Waals surface area contributed by atoms with E-state index in [0.717, 1.165) is 22.4 Å². The Morgan fingerprint density at radius 1 is 1.22 bits per heavy atom. The summed E-state index contributed by atoms with van der Waals surface area (Å²) in [6, 6.07) is 10.5. The van der Waals surface area contributed by atoms with Gasteiger partial charge in [0.25, 0.3) is 0 Å². The van der Waals surface area contributed by atoms with Crippen LogP contribution in [0.3, 0.4) is 0 Å². The minimum Gasteiger partial charge on any atom is -0.255 e. The van der Waals surface area contributed by atoms with Crippen LogP contribution in [0, 0.1) is 6.92 Å². The first-order valence-corrected chi connectivity index (χ1v) is 5.97. The lowest BCUT2D eigenvalue weighted by Crippen LogP contribution is -1.92. The van der Waals surface area contributed by atoms with Crippen LogP contribution in [-0.2, 0) is 0 Å². The average Bonchev–Trinajstić information content (AvgIpc) is 2.37. The van der Waals surface area contributed by atoms with E-state index in [-0.39, 0.29) is 0 Å². The molecule has 18 heavy (non-hydrogen) atoms. The van der Waals surface area contributed by atoms with Crippen molar-refractivity contribution >= 4 is 11.6 Å². The van der Waals surface area contributed by atoms with Crippen molar-refractivity contribution in [3.05, 3.63) is 66.5 Å². The third-order valence-corrected chi connectivity index (χ3v) is 2.89. The Labute approximate surface area is 109 Å². The van der Waals surface area contributed by atoms with E-state index >= 15 is 0 Å². The molecule has 2 rings (SSSR count). The number of rotatable bonds is 3. The zero-order valence-electron chi connectivity index (χ0n) is 10.9. The van der Waals surface area contributed by atoms with Crippen molar-refractivity contribution in [2.75, 3.05) is 0 Å². The first-order chi connectivity index (χ1) is 8.61. The summed E-state index contributed by atoms with van der Waals surface area (Å²) in [5.41, 5.74) is 6.44.